The van der Waals surface area contributed by atoms with Crippen LogP contribution in [-0.2, 0) is 27.8 Å². The third-order valence-corrected chi connectivity index (χ3v) is 6.43. The van der Waals surface area contributed by atoms with Crippen LogP contribution in [0.25, 0.3) is 0 Å². The number of guanidine groups is 1. The molecule has 2 heterocycles. The lowest BCUT2D eigenvalue weighted by Gasteiger charge is -2.29. The van der Waals surface area contributed by atoms with Gasteiger partial charge in [0.15, 0.2) is 0 Å². The second-order valence-corrected chi connectivity index (χ2v) is 9.01. The number of carbonyl (C=O) groups excluding carboxylic acids is 2. The van der Waals surface area contributed by atoms with Gasteiger partial charge in [0.1, 0.15) is 5.69 Å². The van der Waals surface area contributed by atoms with Gasteiger partial charge in [0.25, 0.3) is 0 Å². The maximum absolute atomic E-state index is 13.7. The summed E-state index contributed by atoms with van der Waals surface area (Å²) in [7, 11) is 1.90. The van der Waals surface area contributed by atoms with E-state index in [4.69, 9.17) is 33.7 Å². The molecule has 1 saturated heterocycles. The van der Waals surface area contributed by atoms with E-state index in [9.17, 15) is 9.59 Å². The lowest BCUT2D eigenvalue weighted by molar-refractivity contribution is -0.147. The van der Waals surface area contributed by atoms with E-state index in [0.29, 0.717) is 53.3 Å². The zero-order valence-corrected chi connectivity index (χ0v) is 21.1. The number of nitrogens with two attached hydrogens (primary N) is 1. The summed E-state index contributed by atoms with van der Waals surface area (Å²) < 4.78 is 7.37. The summed E-state index contributed by atoms with van der Waals surface area (Å²) in [4.78, 5) is 35.9. The van der Waals surface area contributed by atoms with E-state index < -0.39 is 5.92 Å². The van der Waals surface area contributed by atoms with Crippen LogP contribution in [0, 0.1) is 11.8 Å². The van der Waals surface area contributed by atoms with Crippen LogP contribution in [0.5, 0.6) is 0 Å². The number of benzene rings is 1. The normalized spacial score (nSPS) is 16.4. The Morgan fingerprint density at radius 3 is 2.59 bits per heavy atom. The molecule has 1 aliphatic heterocycles. The Morgan fingerprint density at radius 1 is 1.29 bits per heavy atom. The first-order chi connectivity index (χ1) is 16.2. The van der Waals surface area contributed by atoms with Crippen molar-refractivity contribution in [3.05, 3.63) is 40.4 Å². The molecule has 0 aliphatic carbocycles. The number of aliphatic imine (C=N–C) groups is 1. The summed E-state index contributed by atoms with van der Waals surface area (Å²) in [6, 6.07) is 3.13. The van der Waals surface area contributed by atoms with Gasteiger partial charge in [-0.15, -0.1) is 0 Å². The zero-order chi connectivity index (χ0) is 24.8. The van der Waals surface area contributed by atoms with Gasteiger partial charge in [-0.25, -0.2) is 9.98 Å². The Labute approximate surface area is 209 Å². The monoisotopic (exact) mass is 508 g/mol. The van der Waals surface area contributed by atoms with E-state index >= 15 is 0 Å². The topological polar surface area (TPSA) is 115 Å². The number of nitrogen functional groups attached to an aromatic ring is 1. The van der Waals surface area contributed by atoms with Crippen LogP contribution in [0.3, 0.4) is 0 Å². The molecule has 0 spiro atoms. The number of hydrogen-bond acceptors (Lipinski definition) is 6. The predicted molar refractivity (Wildman–Crippen MR) is 133 cm³/mol. The van der Waals surface area contributed by atoms with Crippen LogP contribution in [0.1, 0.15) is 32.4 Å². The van der Waals surface area contributed by atoms with E-state index in [1.54, 1.807) is 36.5 Å². The number of amides is 1. The van der Waals surface area contributed by atoms with Gasteiger partial charge >= 0.3 is 5.97 Å². The summed E-state index contributed by atoms with van der Waals surface area (Å²) in [5.74, 6) is -0.651. The van der Waals surface area contributed by atoms with Gasteiger partial charge in [0.05, 0.1) is 23.0 Å². The van der Waals surface area contributed by atoms with E-state index in [0.717, 1.165) is 5.69 Å². The largest absolute Gasteiger partial charge is 0.465 e. The molecule has 2 aromatic rings. The van der Waals surface area contributed by atoms with E-state index in [1.807, 2.05) is 18.5 Å². The minimum absolute atomic E-state index is 0.103. The molecule has 2 atom stereocenters. The molecule has 1 aromatic carbocycles. The number of rotatable bonds is 9. The molecule has 9 nitrogen and oxygen atoms in total. The highest BCUT2D eigenvalue weighted by molar-refractivity contribution is 6.39. The number of halogens is 2. The Bertz CT molecular complexity index is 1050. The molecule has 1 fully saturated rings. The van der Waals surface area contributed by atoms with Crippen LogP contribution in [0.15, 0.2) is 29.6 Å². The van der Waals surface area contributed by atoms with Gasteiger partial charge in [-0.3, -0.25) is 14.5 Å². The third kappa shape index (κ3) is 6.01. The fourth-order valence-corrected chi connectivity index (χ4v) is 4.56. The highest BCUT2D eigenvalue weighted by Crippen LogP contribution is 2.36. The van der Waals surface area contributed by atoms with Gasteiger partial charge in [0.2, 0.25) is 11.9 Å². The fourth-order valence-electron chi connectivity index (χ4n) is 3.97. The lowest BCUT2D eigenvalue weighted by atomic mass is 9.85. The van der Waals surface area contributed by atoms with Crippen LogP contribution >= 0.6 is 23.2 Å². The Kier molecular flexibility index (Phi) is 8.79. The molecular weight excluding hydrogens is 479 g/mol. The van der Waals surface area contributed by atoms with E-state index in [2.05, 4.69) is 15.3 Å². The van der Waals surface area contributed by atoms with Gasteiger partial charge in [0, 0.05) is 56.0 Å². The molecule has 1 aliphatic rings. The van der Waals surface area contributed by atoms with Crippen molar-refractivity contribution in [3.63, 3.8) is 0 Å². The predicted octanol–water partition coefficient (Wildman–Crippen LogP) is 3.57. The summed E-state index contributed by atoms with van der Waals surface area (Å²) in [5.41, 5.74) is 7.52. The van der Waals surface area contributed by atoms with Crippen LogP contribution in [0.4, 0.5) is 11.4 Å². The Balaban J connectivity index is 1.88. The van der Waals surface area contributed by atoms with Crippen molar-refractivity contribution in [3.8, 4) is 0 Å². The lowest BCUT2D eigenvalue weighted by Crippen LogP contribution is -2.43. The van der Waals surface area contributed by atoms with Crippen LogP contribution in [0.2, 0.25) is 10.0 Å². The molecule has 3 rings (SSSR count). The molecule has 184 valence electrons. The second-order valence-electron chi connectivity index (χ2n) is 8.20. The first-order valence-corrected chi connectivity index (χ1v) is 12.0. The zero-order valence-electron chi connectivity index (χ0n) is 19.6. The maximum Gasteiger partial charge on any atom is 0.305 e. The molecule has 0 radical (unpaired) electrons. The molecule has 0 saturated carbocycles. The average molecular weight is 509 g/mol. The quantitative estimate of drug-likeness (QED) is 0.395. The molecule has 1 amide bonds. The molecule has 11 heteroatoms. The average Bonchev–Trinajstić information content (AvgIpc) is 3.43. The number of anilines is 1. The van der Waals surface area contributed by atoms with Crippen molar-refractivity contribution in [2.75, 3.05) is 25.4 Å². The molecule has 0 bridgehead atoms. The number of aryl methyl sites for hydroxylation is 1. The van der Waals surface area contributed by atoms with Crippen molar-refractivity contribution in [2.45, 2.75) is 33.1 Å². The van der Waals surface area contributed by atoms with Crippen molar-refractivity contribution in [2.24, 2.45) is 23.9 Å². The third-order valence-electron chi connectivity index (χ3n) is 5.86. The molecule has 34 heavy (non-hydrogen) atoms. The maximum atomic E-state index is 13.7. The molecule has 3 N–H and O–H groups in total. The number of carbonyl (C=O) groups is 2. The summed E-state index contributed by atoms with van der Waals surface area (Å²) in [5, 5.41) is 3.74. The molecule has 1 unspecified atom stereocenters. The first-order valence-electron chi connectivity index (χ1n) is 11.2. The summed E-state index contributed by atoms with van der Waals surface area (Å²) >= 11 is 12.6. The first kappa shape index (κ1) is 25.8. The number of esters is 1. The number of aromatic nitrogens is 2. The number of nitrogens with zero attached hydrogens (tertiary/aromatic N) is 4. The van der Waals surface area contributed by atoms with E-state index in [1.165, 1.54) is 0 Å². The fraction of sp³-hybridized carbons (Fsp3) is 0.478. The Morgan fingerprint density at radius 2 is 2.00 bits per heavy atom. The van der Waals surface area contributed by atoms with E-state index in [-0.39, 0.29) is 30.8 Å². The van der Waals surface area contributed by atoms with Crippen LogP contribution < -0.4 is 11.1 Å². The highest BCUT2D eigenvalue weighted by Gasteiger charge is 2.35. The number of ether oxygens (including phenoxy) is 1. The Hall–Kier alpha value is -2.78. The second kappa shape index (κ2) is 11.6. The molecule has 1 aromatic heterocycles. The minimum Gasteiger partial charge on any atom is -0.465 e. The van der Waals surface area contributed by atoms with Gasteiger partial charge < -0.3 is 20.4 Å². The van der Waals surface area contributed by atoms with Crippen molar-refractivity contribution < 1.29 is 14.3 Å². The minimum atomic E-state index is -0.401. The van der Waals surface area contributed by atoms with Gasteiger partial charge in [-0.05, 0) is 25.0 Å². The van der Waals surface area contributed by atoms with Crippen LogP contribution in [-0.4, -0.2) is 52.0 Å². The van der Waals surface area contributed by atoms with Crippen molar-refractivity contribution in [1.29, 1.82) is 0 Å². The van der Waals surface area contributed by atoms with Crippen molar-refractivity contribution in [1.82, 2.24) is 19.8 Å². The standard InChI is InChI=1S/C23H30Cl2N6O3/c1-4-17(14(12-34-20(32)5-2)8-16-11-27-13-30(16)3)22(33)31-7-6-28-23(31)29-21-18(24)9-15(26)10-19(21)25/h9-11,13-14,17H,4-8,12,26H2,1-3H3,(H,28,29)/t14?,17-/m0/s1. The SMILES string of the molecule is CCC(=O)OCC(Cc1cncn1C)[C@H](CC)C(=O)N1CCN/C1=N\c1c(Cl)cc(N)cc1Cl. The highest BCUT2D eigenvalue weighted by atomic mass is 35.5. The number of imidazole rings is 1. The van der Waals surface area contributed by atoms with Gasteiger partial charge in [-0.1, -0.05) is 37.0 Å². The van der Waals surface area contributed by atoms with Gasteiger partial charge in [-0.2, -0.15) is 0 Å². The number of hydrogen-bond donors (Lipinski definition) is 2. The smallest absolute Gasteiger partial charge is 0.305 e. The summed E-state index contributed by atoms with van der Waals surface area (Å²) in [6.45, 7) is 4.83. The molecular formula is C23H30Cl2N6O3. The summed E-state index contributed by atoms with van der Waals surface area (Å²) in [6.07, 6.45) is 4.86. The number of nitrogens with one attached hydrogen (secondary N) is 1. The van der Waals surface area contributed by atoms with Crippen molar-refractivity contribution >= 4 is 52.4 Å².